The average Bonchev–Trinajstić information content (AvgIpc) is 2.48. The van der Waals surface area contributed by atoms with Gasteiger partial charge in [0.2, 0.25) is 0 Å². The van der Waals surface area contributed by atoms with Crippen LogP contribution in [0.25, 0.3) is 10.9 Å². The quantitative estimate of drug-likeness (QED) is 0.599. The van der Waals surface area contributed by atoms with Gasteiger partial charge in [0, 0.05) is 11.8 Å². The van der Waals surface area contributed by atoms with Gasteiger partial charge < -0.3 is 4.74 Å². The number of hydrogen-bond donors (Lipinski definition) is 0. The van der Waals surface area contributed by atoms with Crippen molar-refractivity contribution in [2.75, 3.05) is 0 Å². The Labute approximate surface area is 135 Å². The maximum absolute atomic E-state index is 12.1. The first-order valence-corrected chi connectivity index (χ1v) is 7.17. The van der Waals surface area contributed by atoms with Gasteiger partial charge in [-0.25, -0.2) is 4.98 Å². The lowest BCUT2D eigenvalue weighted by Crippen LogP contribution is -2.17. The standard InChI is InChI=1S/C17H11ClF3NO/c18-16-13(10-12-3-1-2-4-15(12)22-16)9-11-5-7-14(8-6-11)23-17(19,20)21/h1-8,10H,9H2. The number of hydrogen-bond acceptors (Lipinski definition) is 2. The van der Waals surface area contributed by atoms with Crippen LogP contribution < -0.4 is 4.74 Å². The van der Waals surface area contributed by atoms with Crippen LogP contribution in [-0.4, -0.2) is 11.3 Å². The minimum absolute atomic E-state index is 0.246. The fourth-order valence-electron chi connectivity index (χ4n) is 2.29. The maximum atomic E-state index is 12.1. The van der Waals surface area contributed by atoms with E-state index < -0.39 is 6.36 Å². The van der Waals surface area contributed by atoms with E-state index in [2.05, 4.69) is 9.72 Å². The number of nitrogens with zero attached hydrogens (tertiary/aromatic N) is 1. The lowest BCUT2D eigenvalue weighted by molar-refractivity contribution is -0.274. The molecular formula is C17H11ClF3NO. The smallest absolute Gasteiger partial charge is 0.406 e. The normalized spacial score (nSPS) is 11.7. The van der Waals surface area contributed by atoms with E-state index in [9.17, 15) is 13.2 Å². The van der Waals surface area contributed by atoms with Crippen LogP contribution in [0, 0.1) is 0 Å². The molecule has 0 aliphatic heterocycles. The van der Waals surface area contributed by atoms with Crippen molar-refractivity contribution in [1.29, 1.82) is 0 Å². The van der Waals surface area contributed by atoms with Crippen LogP contribution in [-0.2, 0) is 6.42 Å². The van der Waals surface area contributed by atoms with E-state index in [0.717, 1.165) is 22.0 Å². The summed E-state index contributed by atoms with van der Waals surface area (Å²) in [5, 5.41) is 1.35. The van der Waals surface area contributed by atoms with Gasteiger partial charge in [-0.3, -0.25) is 0 Å². The molecule has 0 aliphatic carbocycles. The van der Waals surface area contributed by atoms with E-state index in [1.54, 1.807) is 12.1 Å². The summed E-state index contributed by atoms with van der Waals surface area (Å²) in [6, 6.07) is 15.2. The van der Waals surface area contributed by atoms with Gasteiger partial charge >= 0.3 is 6.36 Å². The predicted molar refractivity (Wildman–Crippen MR) is 82.7 cm³/mol. The topological polar surface area (TPSA) is 22.1 Å². The largest absolute Gasteiger partial charge is 0.573 e. The van der Waals surface area contributed by atoms with E-state index in [4.69, 9.17) is 11.6 Å². The molecule has 0 saturated heterocycles. The van der Waals surface area contributed by atoms with Crippen molar-refractivity contribution in [1.82, 2.24) is 4.98 Å². The molecule has 2 nitrogen and oxygen atoms in total. The molecule has 0 bridgehead atoms. The average molecular weight is 338 g/mol. The molecule has 6 heteroatoms. The Morgan fingerprint density at radius 1 is 1.00 bits per heavy atom. The van der Waals surface area contributed by atoms with Crippen LogP contribution in [0.2, 0.25) is 5.15 Å². The monoisotopic (exact) mass is 337 g/mol. The van der Waals surface area contributed by atoms with E-state index in [0.29, 0.717) is 11.6 Å². The Morgan fingerprint density at radius 3 is 2.39 bits per heavy atom. The highest BCUT2D eigenvalue weighted by molar-refractivity contribution is 6.30. The second kappa shape index (κ2) is 6.08. The lowest BCUT2D eigenvalue weighted by atomic mass is 10.0. The minimum atomic E-state index is -4.69. The van der Waals surface area contributed by atoms with Gasteiger partial charge in [-0.15, -0.1) is 13.2 Å². The van der Waals surface area contributed by atoms with Gasteiger partial charge in [0.1, 0.15) is 10.9 Å². The first-order valence-electron chi connectivity index (χ1n) is 6.79. The van der Waals surface area contributed by atoms with Crippen LogP contribution in [0.15, 0.2) is 54.6 Å². The SMILES string of the molecule is FC(F)(F)Oc1ccc(Cc2cc3ccccc3nc2Cl)cc1. The Kier molecular flexibility index (Phi) is 4.13. The number of aromatic nitrogens is 1. The molecule has 0 atom stereocenters. The molecule has 23 heavy (non-hydrogen) atoms. The van der Waals surface area contributed by atoms with Gasteiger partial charge in [-0.1, -0.05) is 41.9 Å². The number of para-hydroxylation sites is 1. The first-order chi connectivity index (χ1) is 10.9. The number of halogens is 4. The molecule has 0 unspecified atom stereocenters. The zero-order valence-electron chi connectivity index (χ0n) is 11.8. The van der Waals surface area contributed by atoms with Crippen molar-refractivity contribution in [3.8, 4) is 5.75 Å². The molecule has 3 aromatic rings. The summed E-state index contributed by atoms with van der Waals surface area (Å²) in [4.78, 5) is 4.33. The number of ether oxygens (including phenoxy) is 1. The molecule has 0 amide bonds. The van der Waals surface area contributed by atoms with Crippen LogP contribution >= 0.6 is 11.6 Å². The summed E-state index contributed by atoms with van der Waals surface area (Å²) in [7, 11) is 0. The number of pyridine rings is 1. The summed E-state index contributed by atoms with van der Waals surface area (Å²) in [5.74, 6) is -0.246. The second-order valence-corrected chi connectivity index (χ2v) is 5.36. The van der Waals surface area contributed by atoms with Gasteiger partial charge in [0.25, 0.3) is 0 Å². The van der Waals surface area contributed by atoms with E-state index in [1.165, 1.54) is 12.1 Å². The highest BCUT2D eigenvalue weighted by Crippen LogP contribution is 2.26. The van der Waals surface area contributed by atoms with E-state index in [-0.39, 0.29) is 5.75 Å². The number of benzene rings is 2. The van der Waals surface area contributed by atoms with Crippen molar-refractivity contribution in [2.24, 2.45) is 0 Å². The van der Waals surface area contributed by atoms with Crippen molar-refractivity contribution in [2.45, 2.75) is 12.8 Å². The summed E-state index contributed by atoms with van der Waals surface area (Å²) < 4.78 is 40.3. The molecule has 2 aromatic carbocycles. The summed E-state index contributed by atoms with van der Waals surface area (Å²) in [5.41, 5.74) is 2.43. The van der Waals surface area contributed by atoms with Crippen LogP contribution in [0.5, 0.6) is 5.75 Å². The van der Waals surface area contributed by atoms with Crippen molar-refractivity contribution < 1.29 is 17.9 Å². The van der Waals surface area contributed by atoms with Crippen molar-refractivity contribution in [3.63, 3.8) is 0 Å². The first kappa shape index (κ1) is 15.6. The molecule has 3 rings (SSSR count). The summed E-state index contributed by atoms with van der Waals surface area (Å²) in [6.45, 7) is 0. The van der Waals surface area contributed by atoms with Gasteiger partial charge in [0.05, 0.1) is 5.52 Å². The highest BCUT2D eigenvalue weighted by Gasteiger charge is 2.30. The predicted octanol–water partition coefficient (Wildman–Crippen LogP) is 5.38. The van der Waals surface area contributed by atoms with Gasteiger partial charge in [0.15, 0.2) is 0 Å². The summed E-state index contributed by atoms with van der Waals surface area (Å²) >= 11 is 6.19. The molecule has 0 saturated carbocycles. The Morgan fingerprint density at radius 2 is 1.70 bits per heavy atom. The second-order valence-electron chi connectivity index (χ2n) is 5.00. The highest BCUT2D eigenvalue weighted by atomic mass is 35.5. The van der Waals surface area contributed by atoms with Gasteiger partial charge in [-0.2, -0.15) is 0 Å². The number of fused-ring (bicyclic) bond motifs is 1. The molecule has 0 spiro atoms. The fourth-order valence-corrected chi connectivity index (χ4v) is 2.50. The van der Waals surface area contributed by atoms with Crippen molar-refractivity contribution >= 4 is 22.5 Å². The van der Waals surface area contributed by atoms with Gasteiger partial charge in [-0.05, 0) is 35.4 Å². The molecule has 0 aliphatic rings. The number of alkyl halides is 3. The van der Waals surface area contributed by atoms with E-state index >= 15 is 0 Å². The van der Waals surface area contributed by atoms with E-state index in [1.807, 2.05) is 30.3 Å². The van der Waals surface area contributed by atoms with Crippen LogP contribution in [0.1, 0.15) is 11.1 Å². The van der Waals surface area contributed by atoms with Crippen LogP contribution in [0.3, 0.4) is 0 Å². The zero-order chi connectivity index (χ0) is 16.4. The molecular weight excluding hydrogens is 327 g/mol. The molecule has 1 heterocycles. The van der Waals surface area contributed by atoms with Crippen molar-refractivity contribution in [3.05, 3.63) is 70.9 Å². The third kappa shape index (κ3) is 3.93. The Bertz CT molecular complexity index is 831. The Balaban J connectivity index is 1.83. The molecule has 0 N–H and O–H groups in total. The lowest BCUT2D eigenvalue weighted by Gasteiger charge is -2.10. The summed E-state index contributed by atoms with van der Waals surface area (Å²) in [6.07, 6.45) is -4.21. The third-order valence-electron chi connectivity index (χ3n) is 3.30. The number of rotatable bonds is 3. The Hall–Kier alpha value is -2.27. The molecule has 0 radical (unpaired) electrons. The minimum Gasteiger partial charge on any atom is -0.406 e. The molecule has 1 aromatic heterocycles. The van der Waals surface area contributed by atoms with Crippen LogP contribution in [0.4, 0.5) is 13.2 Å². The molecule has 118 valence electrons. The zero-order valence-corrected chi connectivity index (χ0v) is 12.5. The fraction of sp³-hybridized carbons (Fsp3) is 0.118. The third-order valence-corrected chi connectivity index (χ3v) is 3.63. The maximum Gasteiger partial charge on any atom is 0.573 e. The molecule has 0 fully saturated rings.